The monoisotopic (exact) mass is 222 g/mol. The summed E-state index contributed by atoms with van der Waals surface area (Å²) in [4.78, 5) is 2.46. The predicted octanol–water partition coefficient (Wildman–Crippen LogP) is 1.66. The first-order valence-corrected chi connectivity index (χ1v) is 5.92. The molecule has 0 aliphatic carbocycles. The van der Waals surface area contributed by atoms with Gasteiger partial charge in [0.25, 0.3) is 0 Å². The van der Waals surface area contributed by atoms with Gasteiger partial charge in [0.05, 0.1) is 0 Å². The smallest absolute Gasteiger partial charge is 0.123 e. The largest absolute Gasteiger partial charge is 0.316 e. The van der Waals surface area contributed by atoms with E-state index in [9.17, 15) is 4.39 Å². The van der Waals surface area contributed by atoms with Gasteiger partial charge < -0.3 is 10.2 Å². The minimum Gasteiger partial charge on any atom is -0.316 e. The quantitative estimate of drug-likeness (QED) is 0.833. The molecule has 0 bridgehead atoms. The van der Waals surface area contributed by atoms with E-state index in [-0.39, 0.29) is 5.82 Å². The van der Waals surface area contributed by atoms with E-state index in [1.165, 1.54) is 30.7 Å². The third kappa shape index (κ3) is 3.03. The van der Waals surface area contributed by atoms with Gasteiger partial charge in [0.2, 0.25) is 0 Å². The second-order valence-corrected chi connectivity index (χ2v) is 4.45. The Morgan fingerprint density at radius 3 is 2.75 bits per heavy atom. The molecular weight excluding hydrogens is 203 g/mol. The number of benzene rings is 1. The summed E-state index contributed by atoms with van der Waals surface area (Å²) in [6.45, 7) is 3.38. The number of rotatable bonds is 4. The van der Waals surface area contributed by atoms with Crippen molar-refractivity contribution in [3.63, 3.8) is 0 Å². The average Bonchev–Trinajstić information content (AvgIpc) is 2.76. The molecule has 0 amide bonds. The lowest BCUT2D eigenvalue weighted by Gasteiger charge is -2.15. The molecule has 2 rings (SSSR count). The van der Waals surface area contributed by atoms with Crippen LogP contribution in [0, 0.1) is 5.82 Å². The van der Waals surface area contributed by atoms with E-state index in [1.54, 1.807) is 0 Å². The van der Waals surface area contributed by atoms with Crippen LogP contribution in [0.3, 0.4) is 0 Å². The van der Waals surface area contributed by atoms with Crippen molar-refractivity contribution in [1.29, 1.82) is 0 Å². The van der Waals surface area contributed by atoms with Gasteiger partial charge in [-0.2, -0.15) is 0 Å². The molecule has 0 unspecified atom stereocenters. The van der Waals surface area contributed by atoms with Crippen molar-refractivity contribution < 1.29 is 4.39 Å². The van der Waals surface area contributed by atoms with Gasteiger partial charge in [-0.3, -0.25) is 0 Å². The Balaban J connectivity index is 1.77. The molecule has 3 heteroatoms. The van der Waals surface area contributed by atoms with Gasteiger partial charge in [0.15, 0.2) is 0 Å². The molecule has 1 aliphatic rings. The molecule has 1 saturated heterocycles. The molecule has 2 nitrogen and oxygen atoms in total. The first-order chi connectivity index (χ1) is 7.78. The van der Waals surface area contributed by atoms with Gasteiger partial charge in [0.1, 0.15) is 5.82 Å². The molecule has 1 atom stereocenters. The first-order valence-electron chi connectivity index (χ1n) is 5.92. The molecule has 1 aromatic rings. The van der Waals surface area contributed by atoms with Crippen molar-refractivity contribution in [2.75, 3.05) is 26.7 Å². The fourth-order valence-electron chi connectivity index (χ4n) is 2.21. The van der Waals surface area contributed by atoms with Crippen LogP contribution < -0.4 is 5.32 Å². The highest BCUT2D eigenvalue weighted by atomic mass is 19.1. The zero-order valence-corrected chi connectivity index (χ0v) is 9.75. The molecule has 1 N–H and O–H groups in total. The van der Waals surface area contributed by atoms with Gasteiger partial charge in [-0.1, -0.05) is 12.1 Å². The number of likely N-dealkylation sites (N-methyl/N-ethyl adjacent to an activating group) is 1. The molecular formula is C13H19FN2. The summed E-state index contributed by atoms with van der Waals surface area (Å²) < 4.78 is 12.7. The number of hydrogen-bond acceptors (Lipinski definition) is 2. The SMILES string of the molecule is CN[C@@H]1CCN(CCc2ccc(F)cc2)C1. The van der Waals surface area contributed by atoms with Gasteiger partial charge in [-0.15, -0.1) is 0 Å². The van der Waals surface area contributed by atoms with Crippen molar-refractivity contribution in [2.24, 2.45) is 0 Å². The number of hydrogen-bond donors (Lipinski definition) is 1. The molecule has 1 aliphatic heterocycles. The van der Waals surface area contributed by atoms with Crippen molar-refractivity contribution in [1.82, 2.24) is 10.2 Å². The Labute approximate surface area is 96.5 Å². The molecule has 16 heavy (non-hydrogen) atoms. The maximum atomic E-state index is 12.7. The molecule has 1 aromatic carbocycles. The van der Waals surface area contributed by atoms with Gasteiger partial charge in [0, 0.05) is 19.1 Å². The summed E-state index contributed by atoms with van der Waals surface area (Å²) in [5, 5.41) is 3.31. The second kappa shape index (κ2) is 5.41. The summed E-state index contributed by atoms with van der Waals surface area (Å²) in [6.07, 6.45) is 2.25. The lowest BCUT2D eigenvalue weighted by molar-refractivity contribution is 0.334. The summed E-state index contributed by atoms with van der Waals surface area (Å²) in [7, 11) is 2.02. The Morgan fingerprint density at radius 1 is 1.38 bits per heavy atom. The number of nitrogens with one attached hydrogen (secondary N) is 1. The van der Waals surface area contributed by atoms with Crippen molar-refractivity contribution in [3.8, 4) is 0 Å². The highest BCUT2D eigenvalue weighted by molar-refractivity contribution is 5.16. The van der Waals surface area contributed by atoms with E-state index in [2.05, 4.69) is 10.2 Å². The fraction of sp³-hybridized carbons (Fsp3) is 0.538. The molecule has 0 saturated carbocycles. The molecule has 88 valence electrons. The lowest BCUT2D eigenvalue weighted by atomic mass is 10.1. The highest BCUT2D eigenvalue weighted by Gasteiger charge is 2.19. The molecule has 1 fully saturated rings. The molecule has 0 aromatic heterocycles. The Hall–Kier alpha value is -0.930. The van der Waals surface area contributed by atoms with Crippen LogP contribution in [0.2, 0.25) is 0 Å². The first kappa shape index (κ1) is 11.6. The predicted molar refractivity (Wildman–Crippen MR) is 64.0 cm³/mol. The number of likely N-dealkylation sites (tertiary alicyclic amines) is 1. The average molecular weight is 222 g/mol. The van der Waals surface area contributed by atoms with Crippen LogP contribution in [0.25, 0.3) is 0 Å². The third-order valence-corrected chi connectivity index (χ3v) is 3.31. The third-order valence-electron chi connectivity index (χ3n) is 3.31. The van der Waals surface area contributed by atoms with E-state index in [1.807, 2.05) is 19.2 Å². The van der Waals surface area contributed by atoms with E-state index in [0.29, 0.717) is 6.04 Å². The lowest BCUT2D eigenvalue weighted by Crippen LogP contribution is -2.30. The maximum absolute atomic E-state index is 12.7. The maximum Gasteiger partial charge on any atom is 0.123 e. The zero-order valence-electron chi connectivity index (χ0n) is 9.75. The second-order valence-electron chi connectivity index (χ2n) is 4.45. The number of nitrogens with zero attached hydrogens (tertiary/aromatic N) is 1. The van der Waals surface area contributed by atoms with Crippen molar-refractivity contribution in [3.05, 3.63) is 35.6 Å². The minimum atomic E-state index is -0.153. The van der Waals surface area contributed by atoms with Crippen LogP contribution in [0.15, 0.2) is 24.3 Å². The Kier molecular flexibility index (Phi) is 3.91. The van der Waals surface area contributed by atoms with E-state index in [4.69, 9.17) is 0 Å². The summed E-state index contributed by atoms with van der Waals surface area (Å²) in [5.41, 5.74) is 1.22. The fourth-order valence-corrected chi connectivity index (χ4v) is 2.21. The van der Waals surface area contributed by atoms with Crippen LogP contribution in [0.4, 0.5) is 4.39 Å². The van der Waals surface area contributed by atoms with Crippen LogP contribution in [-0.2, 0) is 6.42 Å². The van der Waals surface area contributed by atoms with Crippen molar-refractivity contribution >= 4 is 0 Å². The summed E-state index contributed by atoms with van der Waals surface area (Å²) in [5.74, 6) is -0.153. The van der Waals surface area contributed by atoms with E-state index < -0.39 is 0 Å². The molecule has 0 spiro atoms. The van der Waals surface area contributed by atoms with Crippen LogP contribution in [-0.4, -0.2) is 37.6 Å². The van der Waals surface area contributed by atoms with Crippen LogP contribution in [0.1, 0.15) is 12.0 Å². The van der Waals surface area contributed by atoms with Gasteiger partial charge in [-0.25, -0.2) is 4.39 Å². The topological polar surface area (TPSA) is 15.3 Å². The number of halogens is 1. The normalized spacial score (nSPS) is 21.5. The van der Waals surface area contributed by atoms with E-state index >= 15 is 0 Å². The van der Waals surface area contributed by atoms with Crippen LogP contribution >= 0.6 is 0 Å². The Morgan fingerprint density at radius 2 is 2.12 bits per heavy atom. The highest BCUT2D eigenvalue weighted by Crippen LogP contribution is 2.10. The summed E-state index contributed by atoms with van der Waals surface area (Å²) in [6, 6.07) is 7.47. The standard InChI is InChI=1S/C13H19FN2/c1-15-13-7-9-16(10-13)8-6-11-2-4-12(14)5-3-11/h2-5,13,15H,6-10H2,1H3/t13-/m1/s1. The van der Waals surface area contributed by atoms with Gasteiger partial charge in [-0.05, 0) is 44.1 Å². The Bertz CT molecular complexity index is 323. The van der Waals surface area contributed by atoms with Gasteiger partial charge >= 0.3 is 0 Å². The summed E-state index contributed by atoms with van der Waals surface area (Å²) >= 11 is 0. The van der Waals surface area contributed by atoms with Crippen molar-refractivity contribution in [2.45, 2.75) is 18.9 Å². The molecule has 1 heterocycles. The molecule has 0 radical (unpaired) electrons. The van der Waals surface area contributed by atoms with Crippen LogP contribution in [0.5, 0.6) is 0 Å². The minimum absolute atomic E-state index is 0.153. The van der Waals surface area contributed by atoms with E-state index in [0.717, 1.165) is 19.5 Å². The zero-order chi connectivity index (χ0) is 11.4.